The van der Waals surface area contributed by atoms with Gasteiger partial charge in [0.15, 0.2) is 17.7 Å². The molecule has 1 spiro atoms. The van der Waals surface area contributed by atoms with Gasteiger partial charge in [-0.25, -0.2) is 0 Å². The van der Waals surface area contributed by atoms with Crippen molar-refractivity contribution in [1.29, 1.82) is 0 Å². The lowest BCUT2D eigenvalue weighted by atomic mass is 9.95. The van der Waals surface area contributed by atoms with Crippen molar-refractivity contribution >= 4 is 5.78 Å². The molecule has 3 heterocycles. The zero-order valence-corrected chi connectivity index (χ0v) is 11.9. The van der Waals surface area contributed by atoms with Crippen LogP contribution in [0.2, 0.25) is 0 Å². The van der Waals surface area contributed by atoms with Crippen LogP contribution in [0.15, 0.2) is 0 Å². The van der Waals surface area contributed by atoms with E-state index >= 15 is 0 Å². The van der Waals surface area contributed by atoms with Crippen LogP contribution < -0.4 is 0 Å². The Bertz CT molecular complexity index is 417. The highest BCUT2D eigenvalue weighted by atomic mass is 16.9. The van der Waals surface area contributed by atoms with Gasteiger partial charge in [-0.05, 0) is 34.6 Å². The minimum atomic E-state index is -1.38. The number of hydrogen-bond acceptors (Lipinski definition) is 6. The maximum Gasteiger partial charge on any atom is 0.261 e. The topological polar surface area (TPSA) is 63.2 Å². The molecule has 4 atom stereocenters. The monoisotopic (exact) mass is 272 g/mol. The van der Waals surface area contributed by atoms with Crippen LogP contribution in [0.4, 0.5) is 0 Å². The van der Waals surface area contributed by atoms with E-state index in [1.54, 1.807) is 34.6 Å². The van der Waals surface area contributed by atoms with Crippen LogP contribution in [0, 0.1) is 0 Å². The number of rotatable bonds is 0. The molecule has 3 fully saturated rings. The quantitative estimate of drug-likeness (QED) is 0.655. The maximum atomic E-state index is 12.7. The molecule has 0 radical (unpaired) electrons. The lowest BCUT2D eigenvalue weighted by Crippen LogP contribution is -2.61. The van der Waals surface area contributed by atoms with Gasteiger partial charge < -0.3 is 23.7 Å². The first-order chi connectivity index (χ1) is 8.65. The summed E-state index contributed by atoms with van der Waals surface area (Å²) in [4.78, 5) is 12.7. The molecule has 3 rings (SSSR count). The summed E-state index contributed by atoms with van der Waals surface area (Å²) in [5.74, 6) is -3.27. The van der Waals surface area contributed by atoms with Crippen LogP contribution in [-0.2, 0) is 28.5 Å². The summed E-state index contributed by atoms with van der Waals surface area (Å²) in [6, 6.07) is 0. The molecule has 3 aliphatic rings. The van der Waals surface area contributed by atoms with E-state index in [9.17, 15) is 4.79 Å². The lowest BCUT2D eigenvalue weighted by molar-refractivity contribution is -0.266. The summed E-state index contributed by atoms with van der Waals surface area (Å²) < 4.78 is 28.4. The van der Waals surface area contributed by atoms with Crippen LogP contribution in [0.3, 0.4) is 0 Å². The number of ether oxygens (including phenoxy) is 5. The molecule has 0 aliphatic carbocycles. The van der Waals surface area contributed by atoms with E-state index in [4.69, 9.17) is 23.7 Å². The predicted octanol–water partition coefficient (Wildman–Crippen LogP) is 0.973. The Kier molecular flexibility index (Phi) is 2.67. The van der Waals surface area contributed by atoms with E-state index in [0.29, 0.717) is 0 Å². The lowest BCUT2D eigenvalue weighted by Gasteiger charge is -2.37. The maximum absolute atomic E-state index is 12.7. The molecule has 6 nitrogen and oxygen atoms in total. The molecular weight excluding hydrogens is 252 g/mol. The van der Waals surface area contributed by atoms with Crippen molar-refractivity contribution in [2.45, 2.75) is 70.3 Å². The number of carbonyl (C=O) groups excluding carboxylic acids is 1. The number of carbonyl (C=O) groups is 1. The zero-order valence-electron chi connectivity index (χ0n) is 11.9. The smallest absolute Gasteiger partial charge is 0.261 e. The van der Waals surface area contributed by atoms with Crippen LogP contribution in [0.1, 0.15) is 34.6 Å². The van der Waals surface area contributed by atoms with Crippen molar-refractivity contribution in [3.05, 3.63) is 0 Å². The zero-order chi connectivity index (χ0) is 14.1. The van der Waals surface area contributed by atoms with E-state index in [1.807, 2.05) is 0 Å². The molecule has 6 heteroatoms. The summed E-state index contributed by atoms with van der Waals surface area (Å²) in [7, 11) is 0. The van der Waals surface area contributed by atoms with Gasteiger partial charge in [0.05, 0.1) is 6.61 Å². The molecule has 0 bridgehead atoms. The highest BCUT2D eigenvalue weighted by Gasteiger charge is 2.65. The van der Waals surface area contributed by atoms with E-state index < -0.39 is 29.6 Å². The van der Waals surface area contributed by atoms with Crippen molar-refractivity contribution < 1.29 is 28.5 Å². The van der Waals surface area contributed by atoms with Gasteiger partial charge in [-0.3, -0.25) is 4.79 Å². The van der Waals surface area contributed by atoms with Crippen LogP contribution in [-0.4, -0.2) is 48.1 Å². The normalized spacial score (nSPS) is 47.6. The molecule has 0 aromatic heterocycles. The van der Waals surface area contributed by atoms with Crippen molar-refractivity contribution in [3.63, 3.8) is 0 Å². The molecular formula is C13H20O6. The van der Waals surface area contributed by atoms with Crippen molar-refractivity contribution in [2.24, 2.45) is 0 Å². The third-order valence-corrected chi connectivity index (χ3v) is 3.64. The number of ketones is 1. The van der Waals surface area contributed by atoms with Gasteiger partial charge in [0.2, 0.25) is 5.78 Å². The van der Waals surface area contributed by atoms with Gasteiger partial charge in [-0.1, -0.05) is 0 Å². The Balaban J connectivity index is 1.89. The fourth-order valence-electron chi connectivity index (χ4n) is 3.03. The second-order valence-electron chi connectivity index (χ2n) is 6.20. The Morgan fingerprint density at radius 3 is 2.32 bits per heavy atom. The molecule has 19 heavy (non-hydrogen) atoms. The molecule has 0 saturated carbocycles. The van der Waals surface area contributed by atoms with Gasteiger partial charge in [-0.2, -0.15) is 0 Å². The second-order valence-corrected chi connectivity index (χ2v) is 6.20. The molecule has 0 aromatic rings. The Hall–Kier alpha value is -0.530. The predicted molar refractivity (Wildman–Crippen MR) is 63.2 cm³/mol. The first kappa shape index (κ1) is 13.5. The van der Waals surface area contributed by atoms with E-state index in [2.05, 4.69) is 0 Å². The van der Waals surface area contributed by atoms with Crippen LogP contribution in [0.5, 0.6) is 0 Å². The van der Waals surface area contributed by atoms with Crippen LogP contribution >= 0.6 is 0 Å². The third-order valence-electron chi connectivity index (χ3n) is 3.64. The highest BCUT2D eigenvalue weighted by molar-refractivity contribution is 5.92. The highest BCUT2D eigenvalue weighted by Crippen LogP contribution is 2.44. The average molecular weight is 272 g/mol. The fraction of sp³-hybridized carbons (Fsp3) is 0.923. The van der Waals surface area contributed by atoms with E-state index in [0.717, 1.165) is 0 Å². The molecule has 0 aromatic carbocycles. The van der Waals surface area contributed by atoms with Crippen LogP contribution in [0.25, 0.3) is 0 Å². The third kappa shape index (κ3) is 1.94. The molecule has 0 amide bonds. The Labute approximate surface area is 112 Å². The van der Waals surface area contributed by atoms with Crippen molar-refractivity contribution in [1.82, 2.24) is 0 Å². The minimum Gasteiger partial charge on any atom is -0.342 e. The van der Waals surface area contributed by atoms with Gasteiger partial charge >= 0.3 is 0 Å². The first-order valence-corrected chi connectivity index (χ1v) is 6.57. The van der Waals surface area contributed by atoms with Crippen molar-refractivity contribution in [2.75, 3.05) is 6.61 Å². The van der Waals surface area contributed by atoms with Gasteiger partial charge in [-0.15, -0.1) is 0 Å². The summed E-state index contributed by atoms with van der Waals surface area (Å²) in [5, 5.41) is 0. The van der Waals surface area contributed by atoms with E-state index in [-0.39, 0.29) is 18.5 Å². The Morgan fingerprint density at radius 1 is 1.05 bits per heavy atom. The number of hydrogen-bond donors (Lipinski definition) is 0. The molecule has 3 aliphatic heterocycles. The van der Waals surface area contributed by atoms with Gasteiger partial charge in [0.1, 0.15) is 12.2 Å². The summed E-state index contributed by atoms with van der Waals surface area (Å²) in [6.45, 7) is 9.11. The number of fused-ring (bicyclic) bond motifs is 1. The molecule has 108 valence electrons. The minimum absolute atomic E-state index is 0.254. The van der Waals surface area contributed by atoms with Gasteiger partial charge in [0.25, 0.3) is 5.79 Å². The largest absolute Gasteiger partial charge is 0.342 e. The second kappa shape index (κ2) is 3.77. The fourth-order valence-corrected chi connectivity index (χ4v) is 3.03. The number of Topliss-reactive ketones (excluding diaryl/α,β-unsaturated/α-hetero) is 1. The van der Waals surface area contributed by atoms with E-state index in [1.165, 1.54) is 0 Å². The summed E-state index contributed by atoms with van der Waals surface area (Å²) in [5.41, 5.74) is 0. The molecule has 0 N–H and O–H groups in total. The summed E-state index contributed by atoms with van der Waals surface area (Å²) in [6.07, 6.45) is -1.53. The molecule has 3 saturated heterocycles. The Morgan fingerprint density at radius 2 is 1.74 bits per heavy atom. The van der Waals surface area contributed by atoms with Gasteiger partial charge in [0, 0.05) is 0 Å². The standard InChI is InChI=1S/C13H20O6/c1-7-13(19-12(4,5)16-7)10(14)9-8(6-15-13)17-11(2,3)18-9/h7-9H,6H2,1-5H3/t7-,8+,9+,13-/m0/s1. The first-order valence-electron chi connectivity index (χ1n) is 6.57. The SMILES string of the molecule is C[C@@H]1OC(C)(C)O[C@@]12OC[C@H]1OC(C)(C)O[C@H]1C2=O. The summed E-state index contributed by atoms with van der Waals surface area (Å²) >= 11 is 0. The average Bonchev–Trinajstić information content (AvgIpc) is 2.68. The molecule has 0 unspecified atom stereocenters. The van der Waals surface area contributed by atoms with Crippen molar-refractivity contribution in [3.8, 4) is 0 Å².